The molecule has 0 fully saturated rings. The molecule has 0 amide bonds. The number of nitrogens with zero attached hydrogens (tertiary/aromatic N) is 1. The van der Waals surface area contributed by atoms with E-state index in [1.807, 2.05) is 0 Å². The van der Waals surface area contributed by atoms with Gasteiger partial charge >= 0.3 is 5.97 Å². The lowest BCUT2D eigenvalue weighted by molar-refractivity contribution is 0.0600. The van der Waals surface area contributed by atoms with Crippen molar-refractivity contribution < 1.29 is 19.0 Å². The van der Waals surface area contributed by atoms with Crippen molar-refractivity contribution in [3.63, 3.8) is 0 Å². The van der Waals surface area contributed by atoms with Crippen LogP contribution in [0.4, 0.5) is 0 Å². The third kappa shape index (κ3) is 1.56. The maximum atomic E-state index is 11.4. The maximum absolute atomic E-state index is 11.4. The molecule has 3 rings (SSSR count). The topological polar surface area (TPSA) is 57.7 Å². The fraction of sp³-hybridized carbons (Fsp3) is 0.167. The van der Waals surface area contributed by atoms with Gasteiger partial charge in [-0.1, -0.05) is 0 Å². The Kier molecular flexibility index (Phi) is 2.11. The number of pyridine rings is 1. The predicted octanol–water partition coefficient (Wildman–Crippen LogP) is 1.75. The molecule has 0 aliphatic carbocycles. The van der Waals surface area contributed by atoms with Crippen molar-refractivity contribution in [2.24, 2.45) is 0 Å². The van der Waals surface area contributed by atoms with Crippen LogP contribution in [0.1, 0.15) is 10.4 Å². The zero-order valence-corrected chi connectivity index (χ0v) is 9.10. The summed E-state index contributed by atoms with van der Waals surface area (Å²) in [4.78, 5) is 15.6. The molecule has 17 heavy (non-hydrogen) atoms. The third-order valence-electron chi connectivity index (χ3n) is 2.60. The second kappa shape index (κ2) is 3.62. The van der Waals surface area contributed by atoms with Crippen molar-refractivity contribution in [1.29, 1.82) is 0 Å². The predicted molar refractivity (Wildman–Crippen MR) is 59.2 cm³/mol. The van der Waals surface area contributed by atoms with Gasteiger partial charge in [-0.05, 0) is 12.1 Å². The molecule has 2 aromatic rings. The molecule has 1 aromatic heterocycles. The van der Waals surface area contributed by atoms with Crippen LogP contribution in [0.2, 0.25) is 0 Å². The van der Waals surface area contributed by atoms with Crippen LogP contribution < -0.4 is 9.47 Å². The van der Waals surface area contributed by atoms with Crippen LogP contribution in [0, 0.1) is 0 Å². The SMILES string of the molecule is COC(=O)c1cnc2cc3c(cc2c1)OCO3. The minimum Gasteiger partial charge on any atom is -0.465 e. The first-order chi connectivity index (χ1) is 8.28. The largest absolute Gasteiger partial charge is 0.465 e. The minimum atomic E-state index is -0.405. The Hall–Kier alpha value is -2.30. The van der Waals surface area contributed by atoms with Gasteiger partial charge in [0, 0.05) is 17.6 Å². The first-order valence-electron chi connectivity index (χ1n) is 5.05. The Labute approximate surface area is 96.9 Å². The first kappa shape index (κ1) is 9.89. The molecule has 0 saturated carbocycles. The lowest BCUT2D eigenvalue weighted by atomic mass is 10.1. The Morgan fingerprint density at radius 3 is 2.82 bits per heavy atom. The molecule has 86 valence electrons. The summed E-state index contributed by atoms with van der Waals surface area (Å²) in [7, 11) is 1.34. The fourth-order valence-electron chi connectivity index (χ4n) is 1.75. The fourth-order valence-corrected chi connectivity index (χ4v) is 1.75. The maximum Gasteiger partial charge on any atom is 0.339 e. The molecular formula is C12H9NO4. The number of carbonyl (C=O) groups excluding carboxylic acids is 1. The smallest absolute Gasteiger partial charge is 0.339 e. The van der Waals surface area contributed by atoms with Crippen LogP contribution in [0.5, 0.6) is 11.5 Å². The minimum absolute atomic E-state index is 0.218. The van der Waals surface area contributed by atoms with Crippen molar-refractivity contribution >= 4 is 16.9 Å². The molecule has 5 heteroatoms. The van der Waals surface area contributed by atoms with Crippen molar-refractivity contribution in [2.45, 2.75) is 0 Å². The number of hydrogen-bond acceptors (Lipinski definition) is 5. The van der Waals surface area contributed by atoms with Crippen molar-refractivity contribution in [2.75, 3.05) is 13.9 Å². The number of carbonyl (C=O) groups is 1. The van der Waals surface area contributed by atoms with Crippen molar-refractivity contribution in [3.05, 3.63) is 30.0 Å². The number of aromatic nitrogens is 1. The Balaban J connectivity index is 2.16. The van der Waals surface area contributed by atoms with Crippen LogP contribution in [0.25, 0.3) is 10.9 Å². The van der Waals surface area contributed by atoms with E-state index in [-0.39, 0.29) is 6.79 Å². The van der Waals surface area contributed by atoms with Crippen molar-refractivity contribution in [1.82, 2.24) is 4.98 Å². The molecule has 0 saturated heterocycles. The van der Waals surface area contributed by atoms with Gasteiger partial charge in [-0.15, -0.1) is 0 Å². The summed E-state index contributed by atoms with van der Waals surface area (Å²) in [5, 5.41) is 0.817. The summed E-state index contributed by atoms with van der Waals surface area (Å²) in [6, 6.07) is 5.31. The van der Waals surface area contributed by atoms with Crippen LogP contribution >= 0.6 is 0 Å². The van der Waals surface area contributed by atoms with E-state index in [1.165, 1.54) is 13.3 Å². The van der Waals surface area contributed by atoms with E-state index in [0.717, 1.165) is 10.9 Å². The first-order valence-corrected chi connectivity index (χ1v) is 5.05. The van der Waals surface area contributed by atoms with Crippen molar-refractivity contribution in [3.8, 4) is 11.5 Å². The molecule has 2 heterocycles. The Morgan fingerprint density at radius 2 is 2.06 bits per heavy atom. The van der Waals surface area contributed by atoms with E-state index < -0.39 is 5.97 Å². The van der Waals surface area contributed by atoms with E-state index in [1.54, 1.807) is 18.2 Å². The van der Waals surface area contributed by atoms with Gasteiger partial charge in [0.1, 0.15) is 0 Å². The molecule has 0 radical (unpaired) electrons. The standard InChI is InChI=1S/C12H9NO4/c1-15-12(14)8-2-7-3-10-11(17-6-16-10)4-9(7)13-5-8/h2-5H,6H2,1H3. The summed E-state index contributed by atoms with van der Waals surface area (Å²) < 4.78 is 15.2. The molecule has 0 spiro atoms. The van der Waals surface area contributed by atoms with Gasteiger partial charge < -0.3 is 14.2 Å². The Morgan fingerprint density at radius 1 is 1.29 bits per heavy atom. The van der Waals surface area contributed by atoms with E-state index in [2.05, 4.69) is 9.72 Å². The number of methoxy groups -OCH3 is 1. The highest BCUT2D eigenvalue weighted by Gasteiger charge is 2.15. The summed E-state index contributed by atoms with van der Waals surface area (Å²) in [5.74, 6) is 0.939. The summed E-state index contributed by atoms with van der Waals surface area (Å²) in [5.41, 5.74) is 1.17. The zero-order chi connectivity index (χ0) is 11.8. The molecule has 1 aromatic carbocycles. The molecule has 1 aliphatic heterocycles. The average molecular weight is 231 g/mol. The van der Waals surface area contributed by atoms with Gasteiger partial charge in [0.15, 0.2) is 11.5 Å². The lowest BCUT2D eigenvalue weighted by Crippen LogP contribution is -2.01. The second-order valence-electron chi connectivity index (χ2n) is 3.61. The van der Waals surface area contributed by atoms with Gasteiger partial charge in [0.25, 0.3) is 0 Å². The van der Waals surface area contributed by atoms with Gasteiger partial charge in [0.2, 0.25) is 6.79 Å². The van der Waals surface area contributed by atoms with Gasteiger partial charge in [0.05, 0.1) is 18.2 Å². The monoisotopic (exact) mass is 231 g/mol. The number of ether oxygens (including phenoxy) is 3. The van der Waals surface area contributed by atoms with E-state index in [0.29, 0.717) is 17.1 Å². The highest BCUT2D eigenvalue weighted by Crippen LogP contribution is 2.35. The summed E-state index contributed by atoms with van der Waals surface area (Å²) >= 11 is 0. The number of benzene rings is 1. The van der Waals surface area contributed by atoms with Crippen LogP contribution in [-0.2, 0) is 4.74 Å². The highest BCUT2D eigenvalue weighted by molar-refractivity contribution is 5.94. The molecule has 5 nitrogen and oxygen atoms in total. The number of fused-ring (bicyclic) bond motifs is 2. The normalized spacial score (nSPS) is 12.8. The third-order valence-corrected chi connectivity index (χ3v) is 2.60. The molecular weight excluding hydrogens is 222 g/mol. The summed E-state index contributed by atoms with van der Waals surface area (Å²) in [6.45, 7) is 0.218. The Bertz CT molecular complexity index is 609. The molecule has 1 aliphatic rings. The van der Waals surface area contributed by atoms with Gasteiger partial charge in [-0.3, -0.25) is 4.98 Å². The second-order valence-corrected chi connectivity index (χ2v) is 3.61. The van der Waals surface area contributed by atoms with Gasteiger partial charge in [-0.25, -0.2) is 4.79 Å². The van der Waals surface area contributed by atoms with E-state index in [4.69, 9.17) is 9.47 Å². The highest BCUT2D eigenvalue weighted by atomic mass is 16.7. The average Bonchev–Trinajstić information content (AvgIpc) is 2.81. The van der Waals surface area contributed by atoms with E-state index in [9.17, 15) is 4.79 Å². The lowest BCUT2D eigenvalue weighted by Gasteiger charge is -2.02. The number of rotatable bonds is 1. The molecule has 0 unspecified atom stereocenters. The van der Waals surface area contributed by atoms with Crippen LogP contribution in [0.3, 0.4) is 0 Å². The molecule has 0 N–H and O–H groups in total. The molecule has 0 bridgehead atoms. The quantitative estimate of drug-likeness (QED) is 0.700. The number of hydrogen-bond donors (Lipinski definition) is 0. The van der Waals surface area contributed by atoms with Gasteiger partial charge in [-0.2, -0.15) is 0 Å². The zero-order valence-electron chi connectivity index (χ0n) is 9.10. The molecule has 0 atom stereocenters. The number of esters is 1. The van der Waals surface area contributed by atoms with Crippen LogP contribution in [-0.4, -0.2) is 24.9 Å². The summed E-state index contributed by atoms with van der Waals surface area (Å²) in [6.07, 6.45) is 1.48. The van der Waals surface area contributed by atoms with Crippen LogP contribution in [0.15, 0.2) is 24.4 Å². The van der Waals surface area contributed by atoms with E-state index >= 15 is 0 Å².